The molecule has 0 fully saturated rings. The lowest BCUT2D eigenvalue weighted by molar-refractivity contribution is -0.112. The van der Waals surface area contributed by atoms with E-state index in [-0.39, 0.29) is 12.2 Å². The van der Waals surface area contributed by atoms with Crippen LogP contribution in [0.25, 0.3) is 0 Å². The van der Waals surface area contributed by atoms with Gasteiger partial charge in [-0.3, -0.25) is 4.79 Å². The van der Waals surface area contributed by atoms with E-state index in [1.807, 2.05) is 20.8 Å². The zero-order chi connectivity index (χ0) is 8.91. The van der Waals surface area contributed by atoms with Crippen molar-refractivity contribution in [2.24, 2.45) is 5.73 Å². The molecule has 3 nitrogen and oxygen atoms in total. The van der Waals surface area contributed by atoms with Gasteiger partial charge in [0.2, 0.25) is 0 Å². The van der Waals surface area contributed by atoms with Gasteiger partial charge in [-0.25, -0.2) is 0 Å². The zero-order valence-corrected chi connectivity index (χ0v) is 7.10. The summed E-state index contributed by atoms with van der Waals surface area (Å²) in [5.74, 6) is 4.05. The van der Waals surface area contributed by atoms with Crippen molar-refractivity contribution in [2.75, 3.05) is 6.61 Å². The quantitative estimate of drug-likeness (QED) is 0.553. The minimum Gasteiger partial charge on any atom is -0.363 e. The number of primary amides is 1. The summed E-state index contributed by atoms with van der Waals surface area (Å²) in [5, 5.41) is 0. The first-order valence-corrected chi connectivity index (χ1v) is 3.34. The van der Waals surface area contributed by atoms with Crippen molar-refractivity contribution < 1.29 is 9.53 Å². The van der Waals surface area contributed by atoms with E-state index in [2.05, 4.69) is 11.8 Å². The molecule has 0 heterocycles. The molecule has 3 heteroatoms. The van der Waals surface area contributed by atoms with Crippen LogP contribution in [0.3, 0.4) is 0 Å². The lowest BCUT2D eigenvalue weighted by Crippen LogP contribution is -2.19. The fraction of sp³-hybridized carbons (Fsp3) is 0.625. The second kappa shape index (κ2) is 3.99. The molecule has 0 aromatic carbocycles. The molecule has 0 aliphatic carbocycles. The third-order valence-electron chi connectivity index (χ3n) is 0.789. The van der Waals surface area contributed by atoms with E-state index >= 15 is 0 Å². The summed E-state index contributed by atoms with van der Waals surface area (Å²) in [6, 6.07) is 0. The van der Waals surface area contributed by atoms with Crippen LogP contribution in [0.5, 0.6) is 0 Å². The molecule has 0 aliphatic rings. The van der Waals surface area contributed by atoms with Gasteiger partial charge in [-0.05, 0) is 26.7 Å². The fourth-order valence-corrected chi connectivity index (χ4v) is 0.376. The molecule has 0 bridgehead atoms. The van der Waals surface area contributed by atoms with Crippen LogP contribution in [0.2, 0.25) is 0 Å². The Morgan fingerprint density at radius 3 is 2.45 bits per heavy atom. The van der Waals surface area contributed by atoms with Gasteiger partial charge in [-0.1, -0.05) is 5.92 Å². The normalized spacial score (nSPS) is 10.1. The molecular weight excluding hydrogens is 142 g/mol. The third-order valence-corrected chi connectivity index (χ3v) is 0.789. The molecule has 1 amide bonds. The number of amides is 1. The predicted molar refractivity (Wildman–Crippen MR) is 42.7 cm³/mol. The summed E-state index contributed by atoms with van der Waals surface area (Å²) in [6.45, 7) is 5.99. The van der Waals surface area contributed by atoms with E-state index in [0.29, 0.717) is 0 Å². The Hall–Kier alpha value is -1.01. The largest absolute Gasteiger partial charge is 0.363 e. The van der Waals surface area contributed by atoms with Crippen molar-refractivity contribution in [2.45, 2.75) is 26.4 Å². The molecule has 2 N–H and O–H groups in total. The SMILES string of the molecule is CC(C)(C)OCC#CC(N)=O. The van der Waals surface area contributed by atoms with Crippen molar-refractivity contribution >= 4 is 5.91 Å². The molecule has 0 unspecified atom stereocenters. The van der Waals surface area contributed by atoms with Crippen LogP contribution in [0.4, 0.5) is 0 Å². The molecule has 11 heavy (non-hydrogen) atoms. The minimum absolute atomic E-state index is 0.216. The number of ether oxygens (including phenoxy) is 1. The van der Waals surface area contributed by atoms with Crippen LogP contribution >= 0.6 is 0 Å². The Kier molecular flexibility index (Phi) is 3.63. The molecule has 0 spiro atoms. The topological polar surface area (TPSA) is 52.3 Å². The number of nitrogens with two attached hydrogens (primary N) is 1. The summed E-state index contributed by atoms with van der Waals surface area (Å²) >= 11 is 0. The highest BCUT2D eigenvalue weighted by molar-refractivity contribution is 5.91. The van der Waals surface area contributed by atoms with E-state index in [1.165, 1.54) is 0 Å². The highest BCUT2D eigenvalue weighted by atomic mass is 16.5. The van der Waals surface area contributed by atoms with Gasteiger partial charge in [0.1, 0.15) is 6.61 Å². The van der Waals surface area contributed by atoms with Gasteiger partial charge in [0.15, 0.2) is 0 Å². The second-order valence-corrected chi connectivity index (χ2v) is 3.07. The Labute approximate surface area is 66.9 Å². The number of rotatable bonds is 1. The summed E-state index contributed by atoms with van der Waals surface area (Å²) in [7, 11) is 0. The van der Waals surface area contributed by atoms with Crippen LogP contribution in [-0.2, 0) is 9.53 Å². The lowest BCUT2D eigenvalue weighted by atomic mass is 10.2. The van der Waals surface area contributed by atoms with Gasteiger partial charge in [-0.15, -0.1) is 0 Å². The van der Waals surface area contributed by atoms with Crippen LogP contribution in [0.1, 0.15) is 20.8 Å². The Morgan fingerprint density at radius 1 is 1.55 bits per heavy atom. The third kappa shape index (κ3) is 8.99. The number of carbonyl (C=O) groups is 1. The minimum atomic E-state index is -0.623. The first-order chi connectivity index (χ1) is 4.92. The Bertz CT molecular complexity index is 192. The van der Waals surface area contributed by atoms with Crippen molar-refractivity contribution in [3.63, 3.8) is 0 Å². The van der Waals surface area contributed by atoms with Crippen LogP contribution < -0.4 is 5.73 Å². The smallest absolute Gasteiger partial charge is 0.293 e. The first kappa shape index (κ1) is 9.99. The molecule has 0 aliphatic heterocycles. The summed E-state index contributed by atoms with van der Waals surface area (Å²) in [6.07, 6.45) is 0. The molecule has 0 aromatic heterocycles. The maximum atomic E-state index is 10.1. The highest BCUT2D eigenvalue weighted by Gasteiger charge is 2.07. The maximum absolute atomic E-state index is 10.1. The Balaban J connectivity index is 3.60. The summed E-state index contributed by atoms with van der Waals surface area (Å²) < 4.78 is 5.20. The molecule has 0 rings (SSSR count). The first-order valence-electron chi connectivity index (χ1n) is 3.34. The van der Waals surface area contributed by atoms with Gasteiger partial charge in [0.25, 0.3) is 5.91 Å². The molecule has 0 saturated heterocycles. The molecule has 0 atom stereocenters. The van der Waals surface area contributed by atoms with Gasteiger partial charge < -0.3 is 10.5 Å². The van der Waals surface area contributed by atoms with E-state index in [1.54, 1.807) is 0 Å². The lowest BCUT2D eigenvalue weighted by Gasteiger charge is -2.16. The average molecular weight is 155 g/mol. The van der Waals surface area contributed by atoms with Gasteiger partial charge >= 0.3 is 0 Å². The number of carbonyl (C=O) groups excluding carboxylic acids is 1. The highest BCUT2D eigenvalue weighted by Crippen LogP contribution is 2.04. The van der Waals surface area contributed by atoms with Crippen LogP contribution in [0.15, 0.2) is 0 Å². The predicted octanol–water partition coefficient (Wildman–Crippen LogP) is 0.290. The molecule has 62 valence electrons. The number of hydrogen-bond acceptors (Lipinski definition) is 2. The zero-order valence-electron chi connectivity index (χ0n) is 7.10. The maximum Gasteiger partial charge on any atom is 0.293 e. The second-order valence-electron chi connectivity index (χ2n) is 3.07. The van der Waals surface area contributed by atoms with Gasteiger partial charge in [-0.2, -0.15) is 0 Å². The van der Waals surface area contributed by atoms with Crippen LogP contribution in [-0.4, -0.2) is 18.1 Å². The molecule has 0 saturated carbocycles. The molecule has 0 aromatic rings. The number of hydrogen-bond donors (Lipinski definition) is 1. The Morgan fingerprint density at radius 2 is 2.09 bits per heavy atom. The molecule has 0 radical (unpaired) electrons. The summed E-state index contributed by atoms with van der Waals surface area (Å²) in [4.78, 5) is 10.1. The van der Waals surface area contributed by atoms with Crippen molar-refractivity contribution in [3.8, 4) is 11.8 Å². The molecular formula is C8H13NO2. The van der Waals surface area contributed by atoms with Crippen LogP contribution in [0, 0.1) is 11.8 Å². The fourth-order valence-electron chi connectivity index (χ4n) is 0.376. The monoisotopic (exact) mass is 155 g/mol. The van der Waals surface area contributed by atoms with Gasteiger partial charge in [0.05, 0.1) is 5.60 Å². The van der Waals surface area contributed by atoms with Crippen molar-refractivity contribution in [1.29, 1.82) is 0 Å². The van der Waals surface area contributed by atoms with E-state index in [0.717, 1.165) is 0 Å². The summed E-state index contributed by atoms with van der Waals surface area (Å²) in [5.41, 5.74) is 4.56. The van der Waals surface area contributed by atoms with Crippen molar-refractivity contribution in [1.82, 2.24) is 0 Å². The van der Waals surface area contributed by atoms with Crippen molar-refractivity contribution in [3.05, 3.63) is 0 Å². The average Bonchev–Trinajstić information content (AvgIpc) is 1.78. The van der Waals surface area contributed by atoms with E-state index < -0.39 is 5.91 Å². The van der Waals surface area contributed by atoms with E-state index in [9.17, 15) is 4.79 Å². The van der Waals surface area contributed by atoms with Gasteiger partial charge in [0, 0.05) is 0 Å². The standard InChI is InChI=1S/C8H13NO2/c1-8(2,3)11-6-4-5-7(9)10/h6H2,1-3H3,(H2,9,10). The van der Waals surface area contributed by atoms with E-state index in [4.69, 9.17) is 10.5 Å².